The molecule has 0 atom stereocenters. The summed E-state index contributed by atoms with van der Waals surface area (Å²) < 4.78 is 10.8. The molecule has 0 aliphatic carbocycles. The molecular weight excluding hydrogens is 420 g/mol. The third kappa shape index (κ3) is 5.82. The molecule has 166 valence electrons. The van der Waals surface area contributed by atoms with Gasteiger partial charge in [0.2, 0.25) is 11.7 Å². The third-order valence-corrected chi connectivity index (χ3v) is 4.87. The van der Waals surface area contributed by atoms with Crippen LogP contribution in [-0.4, -0.2) is 22.0 Å². The van der Waals surface area contributed by atoms with Crippen molar-refractivity contribution in [3.63, 3.8) is 0 Å². The number of nitrogens with zero attached hydrogens (tertiary/aromatic N) is 2. The summed E-state index contributed by atoms with van der Waals surface area (Å²) in [5.41, 5.74) is 7.84. The molecule has 0 spiro atoms. The van der Waals surface area contributed by atoms with E-state index in [2.05, 4.69) is 15.5 Å². The van der Waals surface area contributed by atoms with Gasteiger partial charge in [-0.3, -0.25) is 9.59 Å². The number of benzene rings is 3. The molecule has 4 rings (SSSR count). The highest BCUT2D eigenvalue weighted by molar-refractivity contribution is 5.90. The van der Waals surface area contributed by atoms with Crippen LogP contribution in [0.2, 0.25) is 0 Å². The Morgan fingerprint density at radius 3 is 2.09 bits per heavy atom. The maximum absolute atomic E-state index is 12.8. The topological polar surface area (TPSA) is 120 Å². The minimum atomic E-state index is -0.484. The molecule has 0 bridgehead atoms. The van der Waals surface area contributed by atoms with E-state index in [1.165, 1.54) is 0 Å². The van der Waals surface area contributed by atoms with Crippen LogP contribution in [0.1, 0.15) is 39.2 Å². The lowest BCUT2D eigenvalue weighted by Crippen LogP contribution is -2.29. The van der Waals surface area contributed by atoms with E-state index in [0.717, 1.165) is 16.7 Å². The first-order valence-corrected chi connectivity index (χ1v) is 10.3. The van der Waals surface area contributed by atoms with E-state index in [1.807, 2.05) is 60.7 Å². The van der Waals surface area contributed by atoms with Crippen molar-refractivity contribution in [1.82, 2.24) is 15.5 Å². The van der Waals surface area contributed by atoms with E-state index in [9.17, 15) is 9.59 Å². The molecule has 0 aliphatic heterocycles. The number of carbonyl (C=O) groups is 2. The summed E-state index contributed by atoms with van der Waals surface area (Å²) in [7, 11) is 0. The van der Waals surface area contributed by atoms with E-state index in [0.29, 0.717) is 5.75 Å². The summed E-state index contributed by atoms with van der Waals surface area (Å²) in [6, 6.07) is 25.9. The first-order valence-electron chi connectivity index (χ1n) is 10.3. The van der Waals surface area contributed by atoms with E-state index in [4.69, 9.17) is 15.0 Å². The summed E-state index contributed by atoms with van der Waals surface area (Å²) in [4.78, 5) is 28.0. The summed E-state index contributed by atoms with van der Waals surface area (Å²) in [5, 5.41) is 6.79. The van der Waals surface area contributed by atoms with Crippen LogP contribution in [0.5, 0.6) is 5.75 Å². The van der Waals surface area contributed by atoms with Crippen LogP contribution < -0.4 is 15.8 Å². The molecule has 3 N–H and O–H groups in total. The highest BCUT2D eigenvalue weighted by Crippen LogP contribution is 2.22. The minimum absolute atomic E-state index is 0.0206. The summed E-state index contributed by atoms with van der Waals surface area (Å²) >= 11 is 0. The van der Waals surface area contributed by atoms with Gasteiger partial charge in [0, 0.05) is 0 Å². The maximum atomic E-state index is 12.8. The first kappa shape index (κ1) is 21.8. The third-order valence-electron chi connectivity index (χ3n) is 4.87. The predicted octanol–water partition coefficient (Wildman–Crippen LogP) is 3.20. The van der Waals surface area contributed by atoms with Crippen molar-refractivity contribution < 1.29 is 18.8 Å². The number of hydrogen-bond donors (Lipinski definition) is 2. The van der Waals surface area contributed by atoms with Crippen LogP contribution in [0.4, 0.5) is 0 Å². The van der Waals surface area contributed by atoms with Gasteiger partial charge in [0.05, 0.1) is 12.5 Å². The van der Waals surface area contributed by atoms with Crippen molar-refractivity contribution in [1.29, 1.82) is 0 Å². The van der Waals surface area contributed by atoms with E-state index in [-0.39, 0.29) is 30.8 Å². The van der Waals surface area contributed by atoms with Gasteiger partial charge in [-0.15, -0.1) is 0 Å². The molecule has 8 nitrogen and oxygen atoms in total. The van der Waals surface area contributed by atoms with Gasteiger partial charge in [-0.25, -0.2) is 0 Å². The molecule has 1 aromatic heterocycles. The summed E-state index contributed by atoms with van der Waals surface area (Å²) in [5.74, 6) is -0.239. The minimum Gasteiger partial charge on any atom is -0.485 e. The maximum Gasteiger partial charge on any atom is 0.316 e. The highest BCUT2D eigenvalue weighted by Gasteiger charge is 2.22. The monoisotopic (exact) mass is 442 g/mol. The number of nitrogens with two attached hydrogens (primary N) is 1. The second-order valence-electron chi connectivity index (χ2n) is 7.32. The Morgan fingerprint density at radius 1 is 0.909 bits per heavy atom. The van der Waals surface area contributed by atoms with Gasteiger partial charge in [-0.2, -0.15) is 4.98 Å². The van der Waals surface area contributed by atoms with Gasteiger partial charge in [0.15, 0.2) is 6.61 Å². The molecule has 0 unspecified atom stereocenters. The molecule has 0 radical (unpaired) electrons. The fraction of sp³-hybridized carbons (Fsp3) is 0.120. The average molecular weight is 442 g/mol. The Kier molecular flexibility index (Phi) is 6.75. The van der Waals surface area contributed by atoms with Crippen LogP contribution >= 0.6 is 0 Å². The van der Waals surface area contributed by atoms with Crippen LogP contribution in [0, 0.1) is 0 Å². The Morgan fingerprint density at radius 2 is 1.52 bits per heavy atom. The SMILES string of the molecule is NC(=O)Cc1ccc(OCc2noc(C(=O)NC(c3ccccc3)c3ccccc3)n2)cc1. The number of nitrogens with one attached hydrogen (secondary N) is 1. The normalized spacial score (nSPS) is 10.7. The fourth-order valence-electron chi connectivity index (χ4n) is 3.30. The van der Waals surface area contributed by atoms with Gasteiger partial charge in [-0.05, 0) is 28.8 Å². The predicted molar refractivity (Wildman–Crippen MR) is 120 cm³/mol. The van der Waals surface area contributed by atoms with Crippen molar-refractivity contribution >= 4 is 11.8 Å². The molecule has 4 aromatic rings. The fourth-order valence-corrected chi connectivity index (χ4v) is 3.30. The molecule has 1 heterocycles. The molecule has 0 saturated carbocycles. The standard InChI is InChI=1S/C25H22N4O4/c26-21(30)15-17-11-13-20(14-12-17)32-16-22-27-25(33-29-22)24(31)28-23(18-7-3-1-4-8-18)19-9-5-2-6-10-19/h1-14,23H,15-16H2,(H2,26,30)(H,28,31). The second-order valence-corrected chi connectivity index (χ2v) is 7.32. The summed E-state index contributed by atoms with van der Waals surface area (Å²) in [6.45, 7) is 0.0206. The second kappa shape index (κ2) is 10.2. The van der Waals surface area contributed by atoms with Crippen LogP contribution in [0.15, 0.2) is 89.5 Å². The quantitative estimate of drug-likeness (QED) is 0.411. The number of carbonyl (C=O) groups excluding carboxylic acids is 2. The van der Waals surface area contributed by atoms with Crippen molar-refractivity contribution in [2.45, 2.75) is 19.1 Å². The average Bonchev–Trinajstić information content (AvgIpc) is 3.32. The highest BCUT2D eigenvalue weighted by atomic mass is 16.5. The van der Waals surface area contributed by atoms with E-state index < -0.39 is 11.8 Å². The number of ether oxygens (including phenoxy) is 1. The molecule has 0 aliphatic rings. The zero-order valence-corrected chi connectivity index (χ0v) is 17.7. The summed E-state index contributed by atoms with van der Waals surface area (Å²) in [6.07, 6.45) is 0.163. The molecule has 8 heteroatoms. The Hall–Kier alpha value is -4.46. The van der Waals surface area contributed by atoms with E-state index >= 15 is 0 Å². The number of rotatable bonds is 9. The van der Waals surface area contributed by atoms with Gasteiger partial charge in [-0.1, -0.05) is 78.0 Å². The van der Waals surface area contributed by atoms with Crippen LogP contribution in [0.3, 0.4) is 0 Å². The number of primary amides is 1. The Balaban J connectivity index is 1.41. The molecule has 0 fully saturated rings. The zero-order valence-electron chi connectivity index (χ0n) is 17.7. The Bertz CT molecular complexity index is 1170. The number of aromatic nitrogens is 2. The van der Waals surface area contributed by atoms with Gasteiger partial charge in [0.1, 0.15) is 5.75 Å². The van der Waals surface area contributed by atoms with Crippen molar-refractivity contribution in [3.8, 4) is 5.75 Å². The molecule has 3 aromatic carbocycles. The Labute approximate surface area is 190 Å². The van der Waals surface area contributed by atoms with Crippen LogP contribution in [0.25, 0.3) is 0 Å². The lowest BCUT2D eigenvalue weighted by Gasteiger charge is -2.18. The first-order chi connectivity index (χ1) is 16.1. The van der Waals surface area contributed by atoms with Crippen LogP contribution in [-0.2, 0) is 17.8 Å². The van der Waals surface area contributed by atoms with Crippen molar-refractivity contribution in [3.05, 3.63) is 113 Å². The number of hydrogen-bond acceptors (Lipinski definition) is 6. The van der Waals surface area contributed by atoms with Gasteiger partial charge >= 0.3 is 11.8 Å². The van der Waals surface area contributed by atoms with Crippen molar-refractivity contribution in [2.24, 2.45) is 5.73 Å². The van der Waals surface area contributed by atoms with E-state index in [1.54, 1.807) is 24.3 Å². The van der Waals surface area contributed by atoms with Gasteiger partial charge in [0.25, 0.3) is 0 Å². The number of amides is 2. The zero-order chi connectivity index (χ0) is 23.0. The van der Waals surface area contributed by atoms with Crippen molar-refractivity contribution in [2.75, 3.05) is 0 Å². The van der Waals surface area contributed by atoms with Gasteiger partial charge < -0.3 is 20.3 Å². The molecule has 33 heavy (non-hydrogen) atoms. The lowest BCUT2D eigenvalue weighted by molar-refractivity contribution is -0.117. The molecule has 0 saturated heterocycles. The lowest BCUT2D eigenvalue weighted by atomic mass is 9.99. The largest absolute Gasteiger partial charge is 0.485 e. The smallest absolute Gasteiger partial charge is 0.316 e. The molecule has 2 amide bonds. The molecular formula is C25H22N4O4.